The predicted octanol–water partition coefficient (Wildman–Crippen LogP) is 3.09. The quantitative estimate of drug-likeness (QED) is 0.289. The van der Waals surface area contributed by atoms with Crippen molar-refractivity contribution in [2.24, 2.45) is 7.05 Å². The standard InChI is InChI=1S/C32H39N9O3/c1-22-18-26-29(31(38(2)36-26)23-6-4-3-5-7-23)30-25(22)19-33-32(35-30)34-27-8-10-41(37-27)16-15-39-11-13-40(14-12-39)20-28(42)44-24-9-17-43-21-24/h3-8,10,19,22,24H,9,11-18,20-21H2,1-2H3,(H,33,34,35,37)/t22-,24?/m1/s1. The third-order valence-electron chi connectivity index (χ3n) is 8.78. The van der Waals surface area contributed by atoms with Gasteiger partial charge in [0.1, 0.15) is 6.10 Å². The molecule has 1 aromatic carbocycles. The largest absolute Gasteiger partial charge is 0.459 e. The summed E-state index contributed by atoms with van der Waals surface area (Å²) in [4.78, 5) is 26.5. The number of anilines is 2. The molecule has 0 radical (unpaired) electrons. The van der Waals surface area contributed by atoms with Crippen LogP contribution in [-0.2, 0) is 34.3 Å². The molecule has 2 fully saturated rings. The molecule has 1 aliphatic carbocycles. The van der Waals surface area contributed by atoms with E-state index in [0.29, 0.717) is 31.5 Å². The lowest BCUT2D eigenvalue weighted by molar-refractivity contribution is -0.150. The van der Waals surface area contributed by atoms with Crippen molar-refractivity contribution in [2.75, 3.05) is 57.8 Å². The number of esters is 1. The number of carbonyl (C=O) groups is 1. The van der Waals surface area contributed by atoms with E-state index in [1.807, 2.05) is 40.9 Å². The lowest BCUT2D eigenvalue weighted by atomic mass is 9.85. The maximum Gasteiger partial charge on any atom is 0.320 e. The van der Waals surface area contributed by atoms with E-state index in [-0.39, 0.29) is 18.0 Å². The van der Waals surface area contributed by atoms with Gasteiger partial charge in [-0.15, -0.1) is 0 Å². The molecule has 2 aliphatic heterocycles. The molecule has 230 valence electrons. The molecule has 44 heavy (non-hydrogen) atoms. The Morgan fingerprint density at radius 1 is 1.07 bits per heavy atom. The molecule has 0 bridgehead atoms. The van der Waals surface area contributed by atoms with Gasteiger partial charge in [-0.05, 0) is 12.3 Å². The summed E-state index contributed by atoms with van der Waals surface area (Å²) in [7, 11) is 2.00. The first-order chi connectivity index (χ1) is 21.5. The van der Waals surface area contributed by atoms with Crippen LogP contribution in [0, 0.1) is 0 Å². The normalized spacial score (nSPS) is 20.3. The fourth-order valence-corrected chi connectivity index (χ4v) is 6.40. The monoisotopic (exact) mass is 597 g/mol. The molecule has 1 N–H and O–H groups in total. The Balaban J connectivity index is 0.961. The Labute approximate surface area is 257 Å². The van der Waals surface area contributed by atoms with Crippen molar-refractivity contribution in [3.05, 3.63) is 60.0 Å². The van der Waals surface area contributed by atoms with Gasteiger partial charge < -0.3 is 14.8 Å². The highest BCUT2D eigenvalue weighted by Gasteiger charge is 2.31. The van der Waals surface area contributed by atoms with Crippen molar-refractivity contribution in [3.63, 3.8) is 0 Å². The molecule has 3 aliphatic rings. The zero-order chi connectivity index (χ0) is 30.0. The number of nitrogens with one attached hydrogen (secondary N) is 1. The van der Waals surface area contributed by atoms with Gasteiger partial charge in [-0.2, -0.15) is 10.2 Å². The third-order valence-corrected chi connectivity index (χ3v) is 8.78. The lowest BCUT2D eigenvalue weighted by Crippen LogP contribution is -2.49. The van der Waals surface area contributed by atoms with Gasteiger partial charge >= 0.3 is 5.97 Å². The van der Waals surface area contributed by atoms with Gasteiger partial charge in [0.2, 0.25) is 5.95 Å². The van der Waals surface area contributed by atoms with Crippen LogP contribution in [0.3, 0.4) is 0 Å². The molecule has 3 aromatic heterocycles. The van der Waals surface area contributed by atoms with Gasteiger partial charge in [-0.25, -0.2) is 9.97 Å². The first-order valence-electron chi connectivity index (χ1n) is 15.5. The number of rotatable bonds is 9. The zero-order valence-electron chi connectivity index (χ0n) is 25.4. The number of carbonyl (C=O) groups excluding carboxylic acids is 1. The Bertz CT molecular complexity index is 1600. The Hall–Kier alpha value is -4.13. The van der Waals surface area contributed by atoms with Gasteiger partial charge in [0.15, 0.2) is 5.82 Å². The smallest absolute Gasteiger partial charge is 0.320 e. The zero-order valence-corrected chi connectivity index (χ0v) is 25.4. The minimum absolute atomic E-state index is 0.0822. The maximum absolute atomic E-state index is 12.2. The second kappa shape index (κ2) is 12.5. The summed E-state index contributed by atoms with van der Waals surface area (Å²) in [6.45, 7) is 8.92. The van der Waals surface area contributed by atoms with Gasteiger partial charge in [0.25, 0.3) is 0 Å². The molecule has 12 heteroatoms. The van der Waals surface area contributed by atoms with Crippen LogP contribution in [-0.4, -0.2) is 104 Å². The SMILES string of the molecule is C[C@@H]1Cc2nn(C)c(-c3ccccc3)c2-c2nc(Nc3ccn(CCN4CCN(CC(=O)OC5CCOC5)CC4)n3)ncc21. The number of piperazine rings is 1. The second-order valence-electron chi connectivity index (χ2n) is 11.9. The highest BCUT2D eigenvalue weighted by atomic mass is 16.6. The van der Waals surface area contributed by atoms with E-state index >= 15 is 0 Å². The van der Waals surface area contributed by atoms with Crippen molar-refractivity contribution in [3.8, 4) is 22.5 Å². The van der Waals surface area contributed by atoms with Crippen molar-refractivity contribution in [2.45, 2.75) is 38.3 Å². The summed E-state index contributed by atoms with van der Waals surface area (Å²) < 4.78 is 14.7. The Kier molecular flexibility index (Phi) is 8.11. The van der Waals surface area contributed by atoms with Crippen LogP contribution >= 0.6 is 0 Å². The van der Waals surface area contributed by atoms with E-state index in [2.05, 4.69) is 51.3 Å². The minimum atomic E-state index is -0.152. The molecule has 4 aromatic rings. The molecule has 0 spiro atoms. The highest BCUT2D eigenvalue weighted by Crippen LogP contribution is 2.43. The van der Waals surface area contributed by atoms with E-state index < -0.39 is 0 Å². The third kappa shape index (κ3) is 6.10. The van der Waals surface area contributed by atoms with E-state index in [0.717, 1.165) is 85.9 Å². The fourth-order valence-electron chi connectivity index (χ4n) is 6.40. The predicted molar refractivity (Wildman–Crippen MR) is 165 cm³/mol. The Morgan fingerprint density at radius 2 is 1.89 bits per heavy atom. The number of ether oxygens (including phenoxy) is 2. The summed E-state index contributed by atoms with van der Waals surface area (Å²) in [6.07, 6.45) is 5.50. The number of aromatic nitrogens is 6. The molecule has 5 heterocycles. The number of aryl methyl sites for hydroxylation is 1. The van der Waals surface area contributed by atoms with Crippen LogP contribution in [0.2, 0.25) is 0 Å². The molecular weight excluding hydrogens is 558 g/mol. The van der Waals surface area contributed by atoms with Crippen molar-refractivity contribution >= 4 is 17.7 Å². The summed E-state index contributed by atoms with van der Waals surface area (Å²) in [5, 5.41) is 12.9. The van der Waals surface area contributed by atoms with Gasteiger partial charge in [0.05, 0.1) is 43.4 Å². The van der Waals surface area contributed by atoms with Crippen LogP contribution in [0.1, 0.15) is 30.5 Å². The van der Waals surface area contributed by atoms with Crippen LogP contribution in [0.4, 0.5) is 11.8 Å². The van der Waals surface area contributed by atoms with E-state index in [1.165, 1.54) is 0 Å². The Morgan fingerprint density at radius 3 is 2.68 bits per heavy atom. The topological polar surface area (TPSA) is 115 Å². The van der Waals surface area contributed by atoms with Crippen LogP contribution in [0.15, 0.2) is 48.8 Å². The molecule has 2 atom stereocenters. The van der Waals surface area contributed by atoms with Crippen LogP contribution < -0.4 is 5.32 Å². The first-order valence-corrected chi connectivity index (χ1v) is 15.5. The summed E-state index contributed by atoms with van der Waals surface area (Å²) in [6, 6.07) is 12.3. The minimum Gasteiger partial charge on any atom is -0.459 e. The van der Waals surface area contributed by atoms with Crippen LogP contribution in [0.5, 0.6) is 0 Å². The molecule has 12 nitrogen and oxygen atoms in total. The number of hydrogen-bond donors (Lipinski definition) is 1. The number of hydrogen-bond acceptors (Lipinski definition) is 10. The molecular formula is C32H39N9O3. The van der Waals surface area contributed by atoms with Gasteiger partial charge in [-0.3, -0.25) is 24.0 Å². The van der Waals surface area contributed by atoms with Gasteiger partial charge in [0, 0.05) is 81.3 Å². The second-order valence-corrected chi connectivity index (χ2v) is 11.9. The number of nitrogens with zero attached hydrogens (tertiary/aromatic N) is 8. The molecule has 7 rings (SSSR count). The summed E-state index contributed by atoms with van der Waals surface area (Å²) >= 11 is 0. The summed E-state index contributed by atoms with van der Waals surface area (Å²) in [5.74, 6) is 1.36. The molecule has 2 saturated heterocycles. The van der Waals surface area contributed by atoms with Crippen molar-refractivity contribution < 1.29 is 14.3 Å². The molecule has 0 saturated carbocycles. The number of benzene rings is 1. The highest BCUT2D eigenvalue weighted by molar-refractivity contribution is 5.84. The van der Waals surface area contributed by atoms with Gasteiger partial charge in [-0.1, -0.05) is 37.3 Å². The lowest BCUT2D eigenvalue weighted by Gasteiger charge is -2.34. The fraction of sp³-hybridized carbons (Fsp3) is 0.469. The average Bonchev–Trinajstić information content (AvgIpc) is 3.78. The van der Waals surface area contributed by atoms with E-state index in [1.54, 1.807) is 0 Å². The maximum atomic E-state index is 12.2. The molecule has 1 unspecified atom stereocenters. The first kappa shape index (κ1) is 28.6. The van der Waals surface area contributed by atoms with Crippen LogP contribution in [0.25, 0.3) is 22.5 Å². The molecule has 0 amide bonds. The summed E-state index contributed by atoms with van der Waals surface area (Å²) in [5.41, 5.74) is 6.42. The number of fused-ring (bicyclic) bond motifs is 3. The van der Waals surface area contributed by atoms with E-state index in [9.17, 15) is 4.79 Å². The van der Waals surface area contributed by atoms with Crippen molar-refractivity contribution in [1.82, 2.24) is 39.3 Å². The van der Waals surface area contributed by atoms with E-state index in [4.69, 9.17) is 24.7 Å². The average molecular weight is 598 g/mol. The van der Waals surface area contributed by atoms with Crippen molar-refractivity contribution in [1.29, 1.82) is 0 Å².